The van der Waals surface area contributed by atoms with Gasteiger partial charge in [0.15, 0.2) is 0 Å². The summed E-state index contributed by atoms with van der Waals surface area (Å²) in [4.78, 5) is 25.6. The Hall–Kier alpha value is -1.06. The van der Waals surface area contributed by atoms with Crippen LogP contribution in [0.5, 0.6) is 0 Å². The van der Waals surface area contributed by atoms with Gasteiger partial charge in [-0.05, 0) is 30.6 Å². The number of carbonyl (C=O) groups excluding carboxylic acids is 1. The smallest absolute Gasteiger partial charge is 0.306 e. The summed E-state index contributed by atoms with van der Waals surface area (Å²) in [6.07, 6.45) is 1.16. The van der Waals surface area contributed by atoms with Crippen LogP contribution in [0.3, 0.4) is 0 Å². The molecule has 108 valence electrons. The summed E-state index contributed by atoms with van der Waals surface area (Å²) in [6.45, 7) is 11.1. The molecule has 0 bridgehead atoms. The van der Waals surface area contributed by atoms with Crippen LogP contribution in [-0.2, 0) is 9.59 Å². The fourth-order valence-electron chi connectivity index (χ4n) is 3.70. The summed E-state index contributed by atoms with van der Waals surface area (Å²) in [5.74, 6) is -0.736. The minimum atomic E-state index is -0.731. The van der Waals surface area contributed by atoms with Gasteiger partial charge in [-0.1, -0.05) is 27.7 Å². The van der Waals surface area contributed by atoms with Crippen molar-refractivity contribution in [3.8, 4) is 0 Å². The molecule has 2 fully saturated rings. The van der Waals surface area contributed by atoms with Crippen molar-refractivity contribution in [2.24, 2.45) is 22.7 Å². The van der Waals surface area contributed by atoms with Crippen LogP contribution in [0.25, 0.3) is 0 Å². The Morgan fingerprint density at radius 1 is 1.16 bits per heavy atom. The maximum Gasteiger partial charge on any atom is 0.306 e. The highest BCUT2D eigenvalue weighted by Gasteiger charge is 2.69. The topological polar surface area (TPSA) is 57.6 Å². The van der Waals surface area contributed by atoms with Gasteiger partial charge in [0, 0.05) is 18.5 Å². The highest BCUT2D eigenvalue weighted by atomic mass is 16.4. The van der Waals surface area contributed by atoms with E-state index >= 15 is 0 Å². The third kappa shape index (κ3) is 2.05. The molecule has 1 aliphatic heterocycles. The Labute approximate surface area is 115 Å². The van der Waals surface area contributed by atoms with Crippen molar-refractivity contribution < 1.29 is 14.7 Å². The van der Waals surface area contributed by atoms with Crippen LogP contribution in [0.2, 0.25) is 0 Å². The molecule has 0 radical (unpaired) electrons. The normalized spacial score (nSPS) is 33.0. The number of amides is 1. The molecule has 4 heteroatoms. The van der Waals surface area contributed by atoms with Crippen molar-refractivity contribution in [1.82, 2.24) is 4.90 Å². The Bertz CT molecular complexity index is 400. The van der Waals surface area contributed by atoms with Crippen LogP contribution in [-0.4, -0.2) is 34.5 Å². The molecule has 0 aromatic rings. The fourth-order valence-corrected chi connectivity index (χ4v) is 3.70. The number of hydrogen-bond donors (Lipinski definition) is 1. The van der Waals surface area contributed by atoms with E-state index in [1.807, 2.05) is 11.8 Å². The number of carboxylic acids is 1. The predicted octanol–water partition coefficient (Wildman–Crippen LogP) is 2.38. The maximum absolute atomic E-state index is 12.7. The van der Waals surface area contributed by atoms with E-state index in [9.17, 15) is 9.59 Å². The SMILES string of the molecule is CC1CC(C(=O)O)CCN1C(=O)C1C(C)(C)C1(C)C. The lowest BCUT2D eigenvalue weighted by Gasteiger charge is -2.37. The van der Waals surface area contributed by atoms with E-state index in [0.29, 0.717) is 19.4 Å². The Kier molecular flexibility index (Phi) is 3.19. The molecule has 0 aromatic carbocycles. The molecular weight excluding hydrogens is 242 g/mol. The number of carbonyl (C=O) groups is 2. The van der Waals surface area contributed by atoms with Crippen molar-refractivity contribution in [3.05, 3.63) is 0 Å². The average molecular weight is 267 g/mol. The number of aliphatic carboxylic acids is 1. The van der Waals surface area contributed by atoms with Gasteiger partial charge in [-0.2, -0.15) is 0 Å². The van der Waals surface area contributed by atoms with Crippen molar-refractivity contribution >= 4 is 11.9 Å². The molecule has 4 nitrogen and oxygen atoms in total. The quantitative estimate of drug-likeness (QED) is 0.835. The lowest BCUT2D eigenvalue weighted by atomic mass is 9.91. The largest absolute Gasteiger partial charge is 0.481 e. The molecule has 1 saturated heterocycles. The number of nitrogens with zero attached hydrogens (tertiary/aromatic N) is 1. The number of likely N-dealkylation sites (tertiary alicyclic amines) is 1. The standard InChI is InChI=1S/C15H25NO3/c1-9-8-10(13(18)19)6-7-16(9)12(17)11-14(2,3)15(11,4)5/h9-11H,6-8H2,1-5H3,(H,18,19). The van der Waals surface area contributed by atoms with Crippen LogP contribution in [0.15, 0.2) is 0 Å². The number of carboxylic acid groups (broad SMARTS) is 1. The maximum atomic E-state index is 12.7. The van der Waals surface area contributed by atoms with Gasteiger partial charge in [0.2, 0.25) is 5.91 Å². The summed E-state index contributed by atoms with van der Waals surface area (Å²) in [6, 6.07) is 0.0366. The van der Waals surface area contributed by atoms with Gasteiger partial charge in [-0.3, -0.25) is 9.59 Å². The van der Waals surface area contributed by atoms with E-state index in [1.54, 1.807) is 0 Å². The van der Waals surface area contributed by atoms with Crippen molar-refractivity contribution in [2.45, 2.75) is 53.5 Å². The second-order valence-corrected chi connectivity index (χ2v) is 7.32. The number of rotatable bonds is 2. The Morgan fingerprint density at radius 3 is 2.05 bits per heavy atom. The molecule has 2 atom stereocenters. The van der Waals surface area contributed by atoms with Gasteiger partial charge in [0.25, 0.3) is 0 Å². The average Bonchev–Trinajstić information content (AvgIpc) is 2.68. The molecule has 2 aliphatic rings. The molecule has 19 heavy (non-hydrogen) atoms. The minimum absolute atomic E-state index is 0.0366. The molecule has 1 aliphatic carbocycles. The zero-order chi connectivity index (χ0) is 14.6. The van der Waals surface area contributed by atoms with Crippen molar-refractivity contribution in [1.29, 1.82) is 0 Å². The first-order valence-corrected chi connectivity index (χ1v) is 7.14. The minimum Gasteiger partial charge on any atom is -0.481 e. The lowest BCUT2D eigenvalue weighted by molar-refractivity contribution is -0.148. The van der Waals surface area contributed by atoms with Crippen LogP contribution < -0.4 is 0 Å². The molecule has 2 rings (SSSR count). The summed E-state index contributed by atoms with van der Waals surface area (Å²) in [5, 5.41) is 9.07. The number of piperidine rings is 1. The Balaban J connectivity index is 2.05. The molecule has 0 aromatic heterocycles. The summed E-state index contributed by atoms with van der Waals surface area (Å²) in [5.41, 5.74) is 0.0981. The molecule has 2 unspecified atom stereocenters. The Morgan fingerprint density at radius 2 is 1.68 bits per heavy atom. The molecular formula is C15H25NO3. The van der Waals surface area contributed by atoms with Gasteiger partial charge in [0.1, 0.15) is 0 Å². The zero-order valence-electron chi connectivity index (χ0n) is 12.6. The van der Waals surface area contributed by atoms with Gasteiger partial charge in [0.05, 0.1) is 5.92 Å². The molecule has 1 N–H and O–H groups in total. The third-order valence-corrected chi connectivity index (χ3v) is 5.78. The second-order valence-electron chi connectivity index (χ2n) is 7.32. The fraction of sp³-hybridized carbons (Fsp3) is 0.867. The molecule has 1 heterocycles. The molecule has 1 amide bonds. The van der Waals surface area contributed by atoms with Gasteiger partial charge in [-0.15, -0.1) is 0 Å². The zero-order valence-corrected chi connectivity index (χ0v) is 12.6. The highest BCUT2D eigenvalue weighted by molar-refractivity contribution is 5.85. The number of hydrogen-bond acceptors (Lipinski definition) is 2. The second kappa shape index (κ2) is 4.22. The van der Waals surface area contributed by atoms with Crippen molar-refractivity contribution in [3.63, 3.8) is 0 Å². The third-order valence-electron chi connectivity index (χ3n) is 5.78. The van der Waals surface area contributed by atoms with Gasteiger partial charge >= 0.3 is 5.97 Å². The van der Waals surface area contributed by atoms with Crippen LogP contribution in [0, 0.1) is 22.7 Å². The first kappa shape index (κ1) is 14.4. The van der Waals surface area contributed by atoms with E-state index in [1.165, 1.54) is 0 Å². The first-order chi connectivity index (χ1) is 8.60. The predicted molar refractivity (Wildman–Crippen MR) is 72.6 cm³/mol. The summed E-state index contributed by atoms with van der Waals surface area (Å²) >= 11 is 0. The van der Waals surface area contributed by atoms with Gasteiger partial charge in [-0.25, -0.2) is 0 Å². The van der Waals surface area contributed by atoms with E-state index < -0.39 is 5.97 Å². The molecule has 1 saturated carbocycles. The van der Waals surface area contributed by atoms with E-state index in [0.717, 1.165) is 0 Å². The first-order valence-electron chi connectivity index (χ1n) is 7.14. The van der Waals surface area contributed by atoms with E-state index in [4.69, 9.17) is 5.11 Å². The van der Waals surface area contributed by atoms with E-state index in [-0.39, 0.29) is 34.6 Å². The van der Waals surface area contributed by atoms with E-state index in [2.05, 4.69) is 27.7 Å². The summed E-state index contributed by atoms with van der Waals surface area (Å²) < 4.78 is 0. The monoisotopic (exact) mass is 267 g/mol. The van der Waals surface area contributed by atoms with Crippen LogP contribution in [0.4, 0.5) is 0 Å². The molecule has 0 spiro atoms. The summed E-state index contributed by atoms with van der Waals surface area (Å²) in [7, 11) is 0. The lowest BCUT2D eigenvalue weighted by Crippen LogP contribution is -2.47. The highest BCUT2D eigenvalue weighted by Crippen LogP contribution is 2.69. The van der Waals surface area contributed by atoms with Gasteiger partial charge < -0.3 is 10.0 Å². The van der Waals surface area contributed by atoms with Crippen molar-refractivity contribution in [2.75, 3.05) is 6.54 Å². The van der Waals surface area contributed by atoms with Crippen LogP contribution in [0.1, 0.15) is 47.5 Å². The van der Waals surface area contributed by atoms with Crippen LogP contribution >= 0.6 is 0 Å².